The van der Waals surface area contributed by atoms with Crippen LogP contribution in [-0.2, 0) is 7.05 Å². The molecule has 4 aromatic rings. The Bertz CT molecular complexity index is 1360. The molecule has 3 heterocycles. The van der Waals surface area contributed by atoms with E-state index in [1.54, 1.807) is 10.7 Å². The normalized spacial score (nSPS) is 14.5. The summed E-state index contributed by atoms with van der Waals surface area (Å²) in [4.78, 5) is 11.8. The van der Waals surface area contributed by atoms with Gasteiger partial charge in [-0.15, -0.1) is 0 Å². The molecule has 0 atom stereocenters. The fourth-order valence-corrected chi connectivity index (χ4v) is 4.56. The molecule has 166 valence electrons. The van der Waals surface area contributed by atoms with Crippen LogP contribution in [0.15, 0.2) is 48.8 Å². The molecule has 0 spiro atoms. The van der Waals surface area contributed by atoms with Crippen LogP contribution in [0.4, 0.5) is 10.3 Å². The van der Waals surface area contributed by atoms with Crippen LogP contribution in [-0.4, -0.2) is 32.8 Å². The number of anilines is 1. The van der Waals surface area contributed by atoms with Crippen LogP contribution in [0.2, 0.25) is 0 Å². The molecule has 0 N–H and O–H groups in total. The van der Waals surface area contributed by atoms with Crippen LogP contribution in [0, 0.1) is 23.1 Å². The second kappa shape index (κ2) is 8.62. The lowest BCUT2D eigenvalue weighted by Gasteiger charge is -2.31. The Balaban J connectivity index is 1.61. The zero-order valence-electron chi connectivity index (χ0n) is 18.8. The van der Waals surface area contributed by atoms with Gasteiger partial charge < -0.3 is 4.90 Å². The minimum Gasteiger partial charge on any atom is -0.341 e. The summed E-state index contributed by atoms with van der Waals surface area (Å²) >= 11 is 0. The predicted molar refractivity (Wildman–Crippen MR) is 127 cm³/mol. The maximum Gasteiger partial charge on any atom is 0.225 e. The number of rotatable bonds is 4. The Morgan fingerprint density at radius 3 is 2.64 bits per heavy atom. The topological polar surface area (TPSA) is 70.6 Å². The quantitative estimate of drug-likeness (QED) is 0.429. The summed E-state index contributed by atoms with van der Waals surface area (Å²) in [6.45, 7) is 4.07. The maximum atomic E-state index is 14.5. The molecule has 0 bridgehead atoms. The standard InChI is InChI=1S/C26H25FN6/c1-3-17-8-10-33(11-9-17)26-29-15-22(18-4-7-21-16-32(2)31-24(21)13-18)25(30-26)19-5-6-20(14-28)23(27)12-19/h4-7,12-13,15-17H,3,8-11H2,1-2H3. The number of hydrogen-bond donors (Lipinski definition) is 0. The van der Waals surface area contributed by atoms with Crippen molar-refractivity contribution in [3.05, 3.63) is 60.2 Å². The van der Waals surface area contributed by atoms with E-state index in [9.17, 15) is 4.39 Å². The molecule has 2 aromatic carbocycles. The highest BCUT2D eigenvalue weighted by atomic mass is 19.1. The molecule has 1 saturated heterocycles. The SMILES string of the molecule is CCC1CCN(c2ncc(-c3ccc4cn(C)nc4c3)c(-c3ccc(C#N)c(F)c3)n2)CC1. The van der Waals surface area contributed by atoms with Gasteiger partial charge >= 0.3 is 0 Å². The predicted octanol–water partition coefficient (Wildman–Crippen LogP) is 5.33. The molecular formula is C26H25FN6. The zero-order chi connectivity index (χ0) is 22.9. The van der Waals surface area contributed by atoms with Crippen molar-refractivity contribution in [3.8, 4) is 28.5 Å². The minimum absolute atomic E-state index is 0.0196. The first kappa shape index (κ1) is 21.1. The molecule has 2 aromatic heterocycles. The van der Waals surface area contributed by atoms with Crippen LogP contribution >= 0.6 is 0 Å². The van der Waals surface area contributed by atoms with Crippen molar-refractivity contribution in [3.63, 3.8) is 0 Å². The first-order valence-corrected chi connectivity index (χ1v) is 11.3. The number of nitriles is 1. The summed E-state index contributed by atoms with van der Waals surface area (Å²) in [6, 6.07) is 12.6. The number of nitrogens with zero attached hydrogens (tertiary/aromatic N) is 6. The molecule has 0 unspecified atom stereocenters. The average Bonchev–Trinajstić information content (AvgIpc) is 3.23. The second-order valence-electron chi connectivity index (χ2n) is 8.65. The van der Waals surface area contributed by atoms with Gasteiger partial charge in [0.25, 0.3) is 0 Å². The van der Waals surface area contributed by atoms with Gasteiger partial charge in [0, 0.05) is 49.0 Å². The fourth-order valence-electron chi connectivity index (χ4n) is 4.56. The highest BCUT2D eigenvalue weighted by Gasteiger charge is 2.22. The largest absolute Gasteiger partial charge is 0.341 e. The van der Waals surface area contributed by atoms with E-state index in [2.05, 4.69) is 16.9 Å². The molecule has 6 nitrogen and oxygen atoms in total. The van der Waals surface area contributed by atoms with E-state index in [1.807, 2.05) is 43.7 Å². The number of piperidine rings is 1. The van der Waals surface area contributed by atoms with Gasteiger partial charge in [-0.25, -0.2) is 14.4 Å². The molecule has 0 aliphatic carbocycles. The minimum atomic E-state index is -0.551. The molecule has 0 radical (unpaired) electrons. The Hall–Kier alpha value is -3.79. The van der Waals surface area contributed by atoms with Crippen molar-refractivity contribution in [1.29, 1.82) is 5.26 Å². The monoisotopic (exact) mass is 440 g/mol. The Kier molecular flexibility index (Phi) is 5.51. The number of aryl methyl sites for hydroxylation is 1. The van der Waals surface area contributed by atoms with E-state index >= 15 is 0 Å². The third-order valence-electron chi connectivity index (χ3n) is 6.55. The number of halogens is 1. The lowest BCUT2D eigenvalue weighted by molar-refractivity contribution is 0.392. The van der Waals surface area contributed by atoms with Crippen molar-refractivity contribution >= 4 is 16.9 Å². The smallest absolute Gasteiger partial charge is 0.225 e. The summed E-state index contributed by atoms with van der Waals surface area (Å²) in [5, 5.41) is 14.7. The van der Waals surface area contributed by atoms with E-state index in [-0.39, 0.29) is 5.56 Å². The van der Waals surface area contributed by atoms with Gasteiger partial charge in [-0.1, -0.05) is 31.5 Å². The molecule has 0 saturated carbocycles. The summed E-state index contributed by atoms with van der Waals surface area (Å²) in [6.07, 6.45) is 7.23. The van der Waals surface area contributed by atoms with Crippen molar-refractivity contribution in [2.75, 3.05) is 18.0 Å². The van der Waals surface area contributed by atoms with Crippen LogP contribution in [0.5, 0.6) is 0 Å². The van der Waals surface area contributed by atoms with E-state index in [0.717, 1.165) is 53.9 Å². The highest BCUT2D eigenvalue weighted by molar-refractivity contribution is 5.88. The van der Waals surface area contributed by atoms with Crippen molar-refractivity contribution in [2.45, 2.75) is 26.2 Å². The van der Waals surface area contributed by atoms with Crippen LogP contribution in [0.25, 0.3) is 33.3 Å². The fraction of sp³-hybridized carbons (Fsp3) is 0.308. The van der Waals surface area contributed by atoms with E-state index < -0.39 is 5.82 Å². The molecule has 7 heteroatoms. The average molecular weight is 441 g/mol. The molecule has 1 aliphatic heterocycles. The number of fused-ring (bicyclic) bond motifs is 1. The molecule has 0 amide bonds. The zero-order valence-corrected chi connectivity index (χ0v) is 18.8. The van der Waals surface area contributed by atoms with Gasteiger partial charge in [0.05, 0.1) is 16.8 Å². The highest BCUT2D eigenvalue weighted by Crippen LogP contribution is 2.34. The third kappa shape index (κ3) is 4.05. The van der Waals surface area contributed by atoms with Crippen LogP contribution in [0.3, 0.4) is 0 Å². The first-order valence-electron chi connectivity index (χ1n) is 11.3. The summed E-state index contributed by atoms with van der Waals surface area (Å²) in [5.74, 6) is 0.856. The van der Waals surface area contributed by atoms with Gasteiger partial charge in [-0.2, -0.15) is 10.4 Å². The van der Waals surface area contributed by atoms with Gasteiger partial charge in [0.1, 0.15) is 11.9 Å². The number of aromatic nitrogens is 4. The summed E-state index contributed by atoms with van der Waals surface area (Å²) < 4.78 is 16.3. The molecular weight excluding hydrogens is 415 g/mol. The van der Waals surface area contributed by atoms with E-state index in [1.165, 1.54) is 18.6 Å². The van der Waals surface area contributed by atoms with Gasteiger partial charge in [0.2, 0.25) is 5.95 Å². The number of hydrogen-bond acceptors (Lipinski definition) is 5. The maximum absolute atomic E-state index is 14.5. The van der Waals surface area contributed by atoms with Crippen molar-refractivity contribution < 1.29 is 4.39 Å². The first-order chi connectivity index (χ1) is 16.1. The van der Waals surface area contributed by atoms with Gasteiger partial charge in [0.15, 0.2) is 0 Å². The second-order valence-corrected chi connectivity index (χ2v) is 8.65. The van der Waals surface area contributed by atoms with Crippen LogP contribution < -0.4 is 4.90 Å². The number of benzene rings is 2. The lowest BCUT2D eigenvalue weighted by atomic mass is 9.94. The molecule has 1 fully saturated rings. The van der Waals surface area contributed by atoms with Crippen molar-refractivity contribution in [2.24, 2.45) is 13.0 Å². The van der Waals surface area contributed by atoms with Crippen molar-refractivity contribution in [1.82, 2.24) is 19.7 Å². The Morgan fingerprint density at radius 1 is 1.12 bits per heavy atom. The Morgan fingerprint density at radius 2 is 1.91 bits per heavy atom. The van der Waals surface area contributed by atoms with Gasteiger partial charge in [-0.3, -0.25) is 4.68 Å². The molecule has 1 aliphatic rings. The molecule has 33 heavy (non-hydrogen) atoms. The van der Waals surface area contributed by atoms with Gasteiger partial charge in [-0.05, 0) is 42.5 Å². The summed E-state index contributed by atoms with van der Waals surface area (Å²) in [5.41, 5.74) is 3.88. The van der Waals surface area contributed by atoms with E-state index in [0.29, 0.717) is 17.2 Å². The van der Waals surface area contributed by atoms with E-state index in [4.69, 9.17) is 15.2 Å². The third-order valence-corrected chi connectivity index (χ3v) is 6.55. The molecule has 5 rings (SSSR count). The lowest BCUT2D eigenvalue weighted by Crippen LogP contribution is -2.34. The Labute approximate surface area is 192 Å². The summed E-state index contributed by atoms with van der Waals surface area (Å²) in [7, 11) is 1.89. The van der Waals surface area contributed by atoms with Crippen LogP contribution in [0.1, 0.15) is 31.7 Å².